The van der Waals surface area contributed by atoms with Gasteiger partial charge in [-0.3, -0.25) is 4.57 Å². The largest absolute Gasteiger partial charge is 0.307 e. The molecule has 43 heavy (non-hydrogen) atoms. The van der Waals surface area contributed by atoms with Gasteiger partial charge >= 0.3 is 0 Å². The van der Waals surface area contributed by atoms with E-state index in [0.29, 0.717) is 0 Å². The zero-order valence-corrected chi connectivity index (χ0v) is 28.6. The molecule has 0 N–H and O–H groups in total. The third-order valence-corrected chi connectivity index (χ3v) is 17.9. The fraction of sp³-hybridized carbons (Fsp3) is 0.368. The van der Waals surface area contributed by atoms with Crippen LogP contribution in [-0.2, 0) is 14.6 Å². The van der Waals surface area contributed by atoms with E-state index in [1.54, 1.807) is 0 Å². The van der Waals surface area contributed by atoms with Gasteiger partial charge in [0.15, 0.2) is 0 Å². The molecule has 4 aromatic carbocycles. The van der Waals surface area contributed by atoms with Crippen LogP contribution in [0.1, 0.15) is 68.4 Å². The van der Waals surface area contributed by atoms with Gasteiger partial charge < -0.3 is 4.52 Å². The molecule has 3 nitrogen and oxygen atoms in total. The molecule has 0 aromatic heterocycles. The van der Waals surface area contributed by atoms with E-state index in [2.05, 4.69) is 160 Å². The van der Waals surface area contributed by atoms with E-state index in [1.807, 2.05) is 6.07 Å². The Labute approximate surface area is 260 Å². The second-order valence-corrected chi connectivity index (χ2v) is 21.5. The summed E-state index contributed by atoms with van der Waals surface area (Å²) < 4.78 is 26.2. The van der Waals surface area contributed by atoms with Crippen molar-refractivity contribution in [2.24, 2.45) is 5.92 Å². The van der Waals surface area contributed by atoms with Crippen LogP contribution in [0.15, 0.2) is 121 Å². The van der Waals surface area contributed by atoms with Crippen molar-refractivity contribution < 1.29 is 9.09 Å². The third-order valence-electron chi connectivity index (χ3n) is 9.23. The smallest absolute Gasteiger partial charge is 0.275 e. The SMILES string of the molecule is CCCC[C@H](C)C([Si](C)(C)C)P1(=O)O[C@H](c2ccccc2)[C@H](C)N1C(c1ccccc1)(c1ccccc1)c1ccccc1. The van der Waals surface area contributed by atoms with Crippen LogP contribution in [0.3, 0.4) is 0 Å². The summed E-state index contributed by atoms with van der Waals surface area (Å²) in [6, 6.07) is 42.4. The molecular formula is C38H48NO2PSi. The molecular weight excluding hydrogens is 561 g/mol. The molecule has 226 valence electrons. The highest BCUT2D eigenvalue weighted by molar-refractivity contribution is 7.60. The highest BCUT2D eigenvalue weighted by Crippen LogP contribution is 2.74. The predicted octanol–water partition coefficient (Wildman–Crippen LogP) is 10.7. The van der Waals surface area contributed by atoms with E-state index in [4.69, 9.17) is 4.52 Å². The first-order valence-electron chi connectivity index (χ1n) is 15.9. The molecule has 1 heterocycles. The topological polar surface area (TPSA) is 29.5 Å². The van der Waals surface area contributed by atoms with Gasteiger partial charge in [-0.2, -0.15) is 0 Å². The minimum atomic E-state index is -3.51. The Bertz CT molecular complexity index is 1390. The molecule has 0 amide bonds. The van der Waals surface area contributed by atoms with Crippen molar-refractivity contribution in [1.29, 1.82) is 0 Å². The van der Waals surface area contributed by atoms with Gasteiger partial charge in [-0.25, -0.2) is 4.67 Å². The van der Waals surface area contributed by atoms with Crippen LogP contribution in [0.4, 0.5) is 0 Å². The number of rotatable bonds is 11. The molecule has 1 fully saturated rings. The van der Waals surface area contributed by atoms with E-state index >= 15 is 4.57 Å². The van der Waals surface area contributed by atoms with E-state index in [-0.39, 0.29) is 23.3 Å². The first kappa shape index (κ1) is 31.7. The standard InChI is InChI=1S/C38H48NO2PSi/c1-7-8-21-30(2)37(43(4,5)6)42(40)39(31(3)36(41-42)32-22-13-9-14-23-32)38(33-24-15-10-16-25-33,34-26-17-11-18-27-34)35-28-19-12-20-29-35/h9-20,22-31,36-37H,7-8,21H2,1-6H3/t30-,31-,36-,37?,42?/m0/s1. The molecule has 1 saturated heterocycles. The van der Waals surface area contributed by atoms with Crippen LogP contribution in [0.25, 0.3) is 0 Å². The Morgan fingerprint density at radius 2 is 1.19 bits per heavy atom. The Morgan fingerprint density at radius 3 is 1.58 bits per heavy atom. The second-order valence-electron chi connectivity index (χ2n) is 13.3. The van der Waals surface area contributed by atoms with Crippen LogP contribution >= 0.6 is 7.52 Å². The maximum Gasteiger partial charge on any atom is 0.275 e. The van der Waals surface area contributed by atoms with Gasteiger partial charge in [0.2, 0.25) is 0 Å². The van der Waals surface area contributed by atoms with Gasteiger partial charge in [-0.05, 0) is 35.1 Å². The van der Waals surface area contributed by atoms with Crippen LogP contribution in [-0.4, -0.2) is 24.1 Å². The first-order valence-corrected chi connectivity index (χ1v) is 21.2. The van der Waals surface area contributed by atoms with Gasteiger partial charge in [0.1, 0.15) is 11.6 Å². The van der Waals surface area contributed by atoms with Gasteiger partial charge in [-0.15, -0.1) is 0 Å². The summed E-state index contributed by atoms with van der Waals surface area (Å²) in [6.07, 6.45) is 2.98. The molecule has 0 aliphatic carbocycles. The fourth-order valence-electron chi connectivity index (χ4n) is 7.66. The lowest BCUT2D eigenvalue weighted by molar-refractivity contribution is 0.177. The summed E-state index contributed by atoms with van der Waals surface area (Å²) in [5.41, 5.74) is 3.56. The molecule has 0 radical (unpaired) electrons. The lowest BCUT2D eigenvalue weighted by atomic mass is 9.76. The van der Waals surface area contributed by atoms with Gasteiger partial charge in [0.25, 0.3) is 7.52 Å². The Kier molecular flexibility index (Phi) is 9.63. The molecule has 0 bridgehead atoms. The van der Waals surface area contributed by atoms with Crippen molar-refractivity contribution in [1.82, 2.24) is 4.67 Å². The van der Waals surface area contributed by atoms with E-state index in [1.165, 1.54) is 0 Å². The third kappa shape index (κ3) is 5.88. The van der Waals surface area contributed by atoms with Crippen molar-refractivity contribution in [2.75, 3.05) is 0 Å². The summed E-state index contributed by atoms with van der Waals surface area (Å²) >= 11 is 0. The summed E-state index contributed by atoms with van der Waals surface area (Å²) in [6.45, 7) is 14.0. The number of unbranched alkanes of at least 4 members (excludes halogenated alkanes) is 1. The van der Waals surface area contributed by atoms with Gasteiger partial charge in [0, 0.05) is 11.3 Å². The zero-order valence-electron chi connectivity index (χ0n) is 26.7. The minimum Gasteiger partial charge on any atom is -0.307 e. The Balaban J connectivity index is 1.89. The summed E-state index contributed by atoms with van der Waals surface area (Å²) in [7, 11) is -5.56. The quantitative estimate of drug-likeness (QED) is 0.0962. The van der Waals surface area contributed by atoms with Crippen molar-refractivity contribution in [3.8, 4) is 0 Å². The predicted molar refractivity (Wildman–Crippen MR) is 184 cm³/mol. The maximum atomic E-state index is 16.6. The second kappa shape index (κ2) is 13.1. The Morgan fingerprint density at radius 1 is 0.767 bits per heavy atom. The lowest BCUT2D eigenvalue weighted by Gasteiger charge is -2.50. The average Bonchev–Trinajstić information content (AvgIpc) is 3.28. The molecule has 5 rings (SSSR count). The number of nitrogens with zero attached hydrogens (tertiary/aromatic N) is 1. The van der Waals surface area contributed by atoms with Gasteiger partial charge in [-0.1, -0.05) is 174 Å². The van der Waals surface area contributed by atoms with Crippen LogP contribution in [0.2, 0.25) is 19.6 Å². The van der Waals surface area contributed by atoms with E-state index in [9.17, 15) is 0 Å². The first-order chi connectivity index (χ1) is 20.7. The summed E-state index contributed by atoms with van der Waals surface area (Å²) in [5, 5.41) is -0.0433. The van der Waals surface area contributed by atoms with Gasteiger partial charge in [0.05, 0.1) is 8.07 Å². The molecule has 2 unspecified atom stereocenters. The molecule has 5 heteroatoms. The number of hydrogen-bond acceptors (Lipinski definition) is 2. The molecule has 5 atom stereocenters. The number of benzene rings is 4. The lowest BCUT2D eigenvalue weighted by Crippen LogP contribution is -2.53. The van der Waals surface area contributed by atoms with Crippen LogP contribution in [0.5, 0.6) is 0 Å². The van der Waals surface area contributed by atoms with Crippen molar-refractivity contribution in [3.63, 3.8) is 0 Å². The molecule has 1 aliphatic rings. The molecule has 0 spiro atoms. The average molecular weight is 610 g/mol. The normalized spacial score (nSPS) is 22.7. The van der Waals surface area contributed by atoms with E-state index < -0.39 is 21.1 Å². The Hall–Kier alpha value is -2.75. The summed E-state index contributed by atoms with van der Waals surface area (Å²) in [5.74, 6) is 0.265. The molecule has 4 aromatic rings. The van der Waals surface area contributed by atoms with Crippen molar-refractivity contribution >= 4 is 15.6 Å². The maximum absolute atomic E-state index is 16.6. The summed E-state index contributed by atoms with van der Waals surface area (Å²) in [4.78, 5) is 0. The van der Waals surface area contributed by atoms with Crippen LogP contribution in [0, 0.1) is 5.92 Å². The fourth-order valence-corrected chi connectivity index (χ4v) is 17.3. The highest BCUT2D eigenvalue weighted by atomic mass is 31.2. The highest BCUT2D eigenvalue weighted by Gasteiger charge is 2.64. The monoisotopic (exact) mass is 609 g/mol. The zero-order chi connectivity index (χ0) is 30.7. The van der Waals surface area contributed by atoms with Crippen molar-refractivity contribution in [2.45, 2.75) is 82.6 Å². The minimum absolute atomic E-state index is 0.0433. The van der Waals surface area contributed by atoms with Crippen molar-refractivity contribution in [3.05, 3.63) is 144 Å². The number of hydrogen-bond donors (Lipinski definition) is 0. The molecule has 0 saturated carbocycles. The molecule has 1 aliphatic heterocycles. The van der Waals surface area contributed by atoms with Crippen LogP contribution < -0.4 is 0 Å². The van der Waals surface area contributed by atoms with E-state index in [0.717, 1.165) is 41.5 Å².